The van der Waals surface area contributed by atoms with E-state index in [1.165, 1.54) is 0 Å². The monoisotopic (exact) mass is 204 g/mol. The Morgan fingerprint density at radius 2 is 1.79 bits per heavy atom. The zero-order valence-corrected chi connectivity index (χ0v) is 9.73. The lowest BCUT2D eigenvalue weighted by molar-refractivity contribution is -0.0617. The van der Waals surface area contributed by atoms with Gasteiger partial charge in [-0.15, -0.1) is 0 Å². The summed E-state index contributed by atoms with van der Waals surface area (Å²) in [6, 6.07) is 0. The molecule has 4 atom stereocenters. The van der Waals surface area contributed by atoms with Gasteiger partial charge >= 0.3 is 0 Å². The minimum Gasteiger partial charge on any atom is -0.394 e. The molecule has 0 aliphatic rings. The standard InChI is InChI=1S/C11H24O3/c1-5-8(3)11(10(13)7-12)9(4)14-6-2/h8-13H,5-7H2,1-4H3. The van der Waals surface area contributed by atoms with Gasteiger partial charge in [-0.2, -0.15) is 0 Å². The Hall–Kier alpha value is -0.120. The molecule has 0 amide bonds. The van der Waals surface area contributed by atoms with Gasteiger partial charge in [0.05, 0.1) is 18.8 Å². The van der Waals surface area contributed by atoms with Crippen LogP contribution < -0.4 is 0 Å². The first-order chi connectivity index (χ1) is 6.58. The molecule has 0 saturated carbocycles. The highest BCUT2D eigenvalue weighted by molar-refractivity contribution is 4.78. The van der Waals surface area contributed by atoms with Crippen LogP contribution in [0.5, 0.6) is 0 Å². The number of ether oxygens (including phenoxy) is 1. The van der Waals surface area contributed by atoms with Gasteiger partial charge in [-0.1, -0.05) is 20.3 Å². The van der Waals surface area contributed by atoms with Crippen molar-refractivity contribution >= 4 is 0 Å². The Kier molecular flexibility index (Phi) is 7.15. The molecule has 0 spiro atoms. The zero-order valence-electron chi connectivity index (χ0n) is 9.73. The molecule has 4 unspecified atom stereocenters. The predicted molar refractivity (Wildman–Crippen MR) is 57.1 cm³/mol. The van der Waals surface area contributed by atoms with Gasteiger partial charge < -0.3 is 14.9 Å². The lowest BCUT2D eigenvalue weighted by Gasteiger charge is -2.32. The Labute approximate surface area is 87.1 Å². The van der Waals surface area contributed by atoms with Gasteiger partial charge in [0, 0.05) is 12.5 Å². The van der Waals surface area contributed by atoms with E-state index >= 15 is 0 Å². The van der Waals surface area contributed by atoms with E-state index in [0.29, 0.717) is 12.5 Å². The summed E-state index contributed by atoms with van der Waals surface area (Å²) in [4.78, 5) is 0. The summed E-state index contributed by atoms with van der Waals surface area (Å²) in [5.41, 5.74) is 0. The van der Waals surface area contributed by atoms with E-state index in [0.717, 1.165) is 6.42 Å². The molecular weight excluding hydrogens is 180 g/mol. The Balaban J connectivity index is 4.36. The van der Waals surface area contributed by atoms with Crippen LogP contribution in [-0.4, -0.2) is 35.6 Å². The van der Waals surface area contributed by atoms with Crippen molar-refractivity contribution in [1.82, 2.24) is 0 Å². The fraction of sp³-hybridized carbons (Fsp3) is 1.00. The minimum atomic E-state index is -0.675. The third kappa shape index (κ3) is 3.95. The maximum Gasteiger partial charge on any atom is 0.0826 e. The molecule has 0 heterocycles. The molecule has 14 heavy (non-hydrogen) atoms. The van der Waals surface area contributed by atoms with Crippen molar-refractivity contribution in [2.24, 2.45) is 11.8 Å². The van der Waals surface area contributed by atoms with Crippen LogP contribution in [0.3, 0.4) is 0 Å². The van der Waals surface area contributed by atoms with E-state index in [2.05, 4.69) is 13.8 Å². The normalized spacial score (nSPS) is 20.1. The van der Waals surface area contributed by atoms with Crippen molar-refractivity contribution in [3.63, 3.8) is 0 Å². The summed E-state index contributed by atoms with van der Waals surface area (Å²) in [5.74, 6) is 0.378. The van der Waals surface area contributed by atoms with Gasteiger partial charge in [-0.05, 0) is 19.8 Å². The van der Waals surface area contributed by atoms with Crippen LogP contribution in [0.15, 0.2) is 0 Å². The van der Waals surface area contributed by atoms with Gasteiger partial charge in [-0.3, -0.25) is 0 Å². The van der Waals surface area contributed by atoms with Crippen molar-refractivity contribution in [3.05, 3.63) is 0 Å². The summed E-state index contributed by atoms with van der Waals surface area (Å²) in [6.07, 6.45) is 0.308. The molecule has 0 aromatic heterocycles. The second-order valence-corrected chi connectivity index (χ2v) is 3.87. The SMILES string of the molecule is CCOC(C)C(C(C)CC)C(O)CO. The number of aliphatic hydroxyl groups is 2. The third-order valence-corrected chi connectivity index (χ3v) is 2.90. The van der Waals surface area contributed by atoms with Crippen molar-refractivity contribution in [1.29, 1.82) is 0 Å². The van der Waals surface area contributed by atoms with E-state index in [1.807, 2.05) is 13.8 Å². The highest BCUT2D eigenvalue weighted by atomic mass is 16.5. The van der Waals surface area contributed by atoms with Crippen molar-refractivity contribution in [2.75, 3.05) is 13.2 Å². The highest BCUT2D eigenvalue weighted by Gasteiger charge is 2.29. The van der Waals surface area contributed by atoms with Crippen molar-refractivity contribution < 1.29 is 14.9 Å². The van der Waals surface area contributed by atoms with E-state index in [1.54, 1.807) is 0 Å². The lowest BCUT2D eigenvalue weighted by atomic mass is 9.83. The Bertz CT molecular complexity index is 128. The fourth-order valence-corrected chi connectivity index (χ4v) is 1.92. The Morgan fingerprint density at radius 1 is 1.21 bits per heavy atom. The van der Waals surface area contributed by atoms with E-state index in [4.69, 9.17) is 9.84 Å². The van der Waals surface area contributed by atoms with E-state index in [-0.39, 0.29) is 18.6 Å². The van der Waals surface area contributed by atoms with Gasteiger partial charge in [0.25, 0.3) is 0 Å². The average Bonchev–Trinajstić information content (AvgIpc) is 2.17. The lowest BCUT2D eigenvalue weighted by Crippen LogP contribution is -2.38. The van der Waals surface area contributed by atoms with Gasteiger partial charge in [-0.25, -0.2) is 0 Å². The van der Waals surface area contributed by atoms with Crippen LogP contribution in [0.1, 0.15) is 34.1 Å². The van der Waals surface area contributed by atoms with E-state index < -0.39 is 6.10 Å². The second-order valence-electron chi connectivity index (χ2n) is 3.87. The molecule has 0 radical (unpaired) electrons. The first-order valence-corrected chi connectivity index (χ1v) is 5.48. The summed E-state index contributed by atoms with van der Waals surface area (Å²) >= 11 is 0. The molecule has 2 N–H and O–H groups in total. The van der Waals surface area contributed by atoms with Gasteiger partial charge in [0.15, 0.2) is 0 Å². The largest absolute Gasteiger partial charge is 0.394 e. The highest BCUT2D eigenvalue weighted by Crippen LogP contribution is 2.24. The van der Waals surface area contributed by atoms with Gasteiger partial charge in [0.2, 0.25) is 0 Å². The maximum atomic E-state index is 9.69. The molecule has 0 aromatic carbocycles. The molecule has 0 aromatic rings. The Morgan fingerprint density at radius 3 is 2.14 bits per heavy atom. The number of aliphatic hydroxyl groups excluding tert-OH is 2. The van der Waals surface area contributed by atoms with Crippen LogP contribution in [-0.2, 0) is 4.74 Å². The minimum absolute atomic E-state index is 0.00269. The second kappa shape index (κ2) is 7.21. The first kappa shape index (κ1) is 13.9. The summed E-state index contributed by atoms with van der Waals surface area (Å²) < 4.78 is 5.48. The maximum absolute atomic E-state index is 9.69. The molecule has 0 saturated heterocycles. The van der Waals surface area contributed by atoms with Crippen molar-refractivity contribution in [3.8, 4) is 0 Å². The summed E-state index contributed by atoms with van der Waals surface area (Å²) in [6.45, 7) is 8.52. The molecular formula is C11H24O3. The molecule has 3 heteroatoms. The summed E-state index contributed by atoms with van der Waals surface area (Å²) in [5, 5.41) is 18.6. The third-order valence-electron chi connectivity index (χ3n) is 2.90. The molecule has 3 nitrogen and oxygen atoms in total. The first-order valence-electron chi connectivity index (χ1n) is 5.48. The molecule has 0 fully saturated rings. The van der Waals surface area contributed by atoms with Crippen LogP contribution in [0.2, 0.25) is 0 Å². The number of hydrogen-bond acceptors (Lipinski definition) is 3. The molecule has 0 aliphatic heterocycles. The smallest absolute Gasteiger partial charge is 0.0826 e. The predicted octanol–water partition coefficient (Wildman–Crippen LogP) is 1.43. The quantitative estimate of drug-likeness (QED) is 0.659. The fourth-order valence-electron chi connectivity index (χ4n) is 1.92. The van der Waals surface area contributed by atoms with Crippen LogP contribution in [0, 0.1) is 11.8 Å². The molecule has 0 bridgehead atoms. The summed E-state index contributed by atoms with van der Waals surface area (Å²) in [7, 11) is 0. The van der Waals surface area contributed by atoms with Crippen LogP contribution in [0.25, 0.3) is 0 Å². The van der Waals surface area contributed by atoms with Crippen molar-refractivity contribution in [2.45, 2.75) is 46.3 Å². The molecule has 0 aliphatic carbocycles. The molecule has 0 rings (SSSR count). The average molecular weight is 204 g/mol. The zero-order chi connectivity index (χ0) is 11.1. The topological polar surface area (TPSA) is 49.7 Å². The number of rotatable bonds is 7. The van der Waals surface area contributed by atoms with E-state index in [9.17, 15) is 5.11 Å². The van der Waals surface area contributed by atoms with Crippen LogP contribution in [0.4, 0.5) is 0 Å². The van der Waals surface area contributed by atoms with Gasteiger partial charge in [0.1, 0.15) is 0 Å². The van der Waals surface area contributed by atoms with Crippen LogP contribution >= 0.6 is 0 Å². The molecule has 86 valence electrons. The number of hydrogen-bond donors (Lipinski definition) is 2.